The van der Waals surface area contributed by atoms with Gasteiger partial charge in [0.25, 0.3) is 5.91 Å². The highest BCUT2D eigenvalue weighted by molar-refractivity contribution is 5.93. The largest absolute Gasteiger partial charge is 0.481 e. The number of rotatable bonds is 5. The topological polar surface area (TPSA) is 89.5 Å². The van der Waals surface area contributed by atoms with Crippen molar-refractivity contribution in [2.45, 2.75) is 18.4 Å². The van der Waals surface area contributed by atoms with E-state index in [1.54, 1.807) is 31.6 Å². The third-order valence-corrected chi connectivity index (χ3v) is 5.25. The van der Waals surface area contributed by atoms with Gasteiger partial charge in [-0.2, -0.15) is 0 Å². The number of carbonyl (C=O) groups excluding carboxylic acids is 1. The number of hydrogen-bond donors (Lipinski definition) is 1. The van der Waals surface area contributed by atoms with E-state index in [2.05, 4.69) is 25.2 Å². The first-order valence-electron chi connectivity index (χ1n) is 9.11. The lowest BCUT2D eigenvalue weighted by molar-refractivity contribution is -0.115. The van der Waals surface area contributed by atoms with Crippen LogP contribution in [0.25, 0.3) is 0 Å². The number of methoxy groups -OCH3 is 1. The molecule has 2 aromatic heterocycles. The van der Waals surface area contributed by atoms with Crippen molar-refractivity contribution in [2.75, 3.05) is 38.3 Å². The van der Waals surface area contributed by atoms with Gasteiger partial charge in [0.2, 0.25) is 5.88 Å². The molecule has 1 spiro atoms. The zero-order valence-corrected chi connectivity index (χ0v) is 15.3. The molecular weight excluding hydrogens is 346 g/mol. The number of nitrogens with zero attached hydrogens (tertiary/aromatic N) is 4. The van der Waals surface area contributed by atoms with E-state index < -0.39 is 0 Å². The summed E-state index contributed by atoms with van der Waals surface area (Å²) in [4.78, 5) is 26.6. The fraction of sp³-hybridized carbons (Fsp3) is 0.474. The van der Waals surface area contributed by atoms with Crippen molar-refractivity contribution in [3.8, 4) is 5.88 Å². The summed E-state index contributed by atoms with van der Waals surface area (Å²) in [6.45, 7) is 2.94. The molecule has 27 heavy (non-hydrogen) atoms. The Labute approximate surface area is 157 Å². The molecule has 8 nitrogen and oxygen atoms in total. The minimum atomic E-state index is -0.0935. The summed E-state index contributed by atoms with van der Waals surface area (Å²) in [6.07, 6.45) is 6.79. The molecule has 2 aliphatic rings. The highest BCUT2D eigenvalue weighted by Crippen LogP contribution is 2.38. The van der Waals surface area contributed by atoms with E-state index in [0.29, 0.717) is 30.5 Å². The lowest BCUT2D eigenvalue weighted by atomic mass is 9.83. The summed E-state index contributed by atoms with van der Waals surface area (Å²) in [7, 11) is 1.60. The average Bonchev–Trinajstić information content (AvgIpc) is 2.71. The Morgan fingerprint density at radius 1 is 1.37 bits per heavy atom. The molecule has 0 bridgehead atoms. The maximum Gasteiger partial charge on any atom is 0.251 e. The maximum atomic E-state index is 12.1. The van der Waals surface area contributed by atoms with Crippen molar-refractivity contribution >= 4 is 11.7 Å². The Morgan fingerprint density at radius 3 is 2.89 bits per heavy atom. The van der Waals surface area contributed by atoms with Crippen LogP contribution in [0.4, 0.5) is 5.82 Å². The summed E-state index contributed by atoms with van der Waals surface area (Å²) in [5.74, 6) is 1.71. The van der Waals surface area contributed by atoms with Crippen molar-refractivity contribution in [3.05, 3.63) is 42.5 Å². The lowest BCUT2D eigenvalue weighted by Crippen LogP contribution is -2.65. The summed E-state index contributed by atoms with van der Waals surface area (Å²) in [6, 6.07) is 5.27. The summed E-state index contributed by atoms with van der Waals surface area (Å²) in [5.41, 5.74) is 0.539. The van der Waals surface area contributed by atoms with Gasteiger partial charge in [0.05, 0.1) is 26.8 Å². The molecule has 2 fully saturated rings. The second-order valence-corrected chi connectivity index (χ2v) is 7.12. The first kappa shape index (κ1) is 17.7. The van der Waals surface area contributed by atoms with Gasteiger partial charge in [-0.1, -0.05) is 0 Å². The van der Waals surface area contributed by atoms with Crippen molar-refractivity contribution < 1.29 is 14.3 Å². The van der Waals surface area contributed by atoms with Crippen LogP contribution in [0, 0.1) is 5.92 Å². The van der Waals surface area contributed by atoms with Crippen LogP contribution >= 0.6 is 0 Å². The first-order chi connectivity index (χ1) is 13.2. The molecule has 2 saturated heterocycles. The standard InChI is InChI=1S/C19H23N5O3/c1-26-17-8-16(22-13-23-17)24-11-19(12-24)5-2-14(10-27-19)9-21-18(25)15-3-6-20-7-4-15/h3-4,6-8,13-14H,2,5,9-12H2,1H3,(H,21,25). The molecule has 0 saturated carbocycles. The number of hydrogen-bond acceptors (Lipinski definition) is 7. The zero-order valence-electron chi connectivity index (χ0n) is 15.3. The van der Waals surface area contributed by atoms with Crippen LogP contribution in [-0.2, 0) is 4.74 Å². The van der Waals surface area contributed by atoms with Crippen LogP contribution in [0.3, 0.4) is 0 Å². The van der Waals surface area contributed by atoms with Crippen molar-refractivity contribution in [2.24, 2.45) is 5.92 Å². The van der Waals surface area contributed by atoms with E-state index in [1.807, 2.05) is 6.07 Å². The quantitative estimate of drug-likeness (QED) is 0.849. The highest BCUT2D eigenvalue weighted by atomic mass is 16.5. The van der Waals surface area contributed by atoms with E-state index in [9.17, 15) is 4.79 Å². The molecule has 8 heteroatoms. The number of carbonyl (C=O) groups is 1. The first-order valence-corrected chi connectivity index (χ1v) is 9.11. The molecule has 142 valence electrons. The Morgan fingerprint density at radius 2 is 2.19 bits per heavy atom. The second-order valence-electron chi connectivity index (χ2n) is 7.12. The minimum absolute atomic E-state index is 0.0646. The van der Waals surface area contributed by atoms with Crippen molar-refractivity contribution in [3.63, 3.8) is 0 Å². The van der Waals surface area contributed by atoms with E-state index in [0.717, 1.165) is 31.7 Å². The molecule has 1 unspecified atom stereocenters. The third-order valence-electron chi connectivity index (χ3n) is 5.25. The molecule has 1 amide bonds. The second kappa shape index (κ2) is 7.48. The van der Waals surface area contributed by atoms with Gasteiger partial charge >= 0.3 is 0 Å². The smallest absolute Gasteiger partial charge is 0.251 e. The van der Waals surface area contributed by atoms with Crippen LogP contribution in [0.2, 0.25) is 0 Å². The van der Waals surface area contributed by atoms with Crippen molar-refractivity contribution in [1.29, 1.82) is 0 Å². The van der Waals surface area contributed by atoms with Gasteiger partial charge in [0.1, 0.15) is 17.7 Å². The molecule has 4 heterocycles. The molecule has 1 N–H and O–H groups in total. The Balaban J connectivity index is 1.23. The van der Waals surface area contributed by atoms with Crippen LogP contribution in [0.1, 0.15) is 23.2 Å². The molecular formula is C19H23N5O3. The monoisotopic (exact) mass is 369 g/mol. The Hall–Kier alpha value is -2.74. The number of amides is 1. The summed E-state index contributed by atoms with van der Waals surface area (Å²) < 4.78 is 11.3. The van der Waals surface area contributed by atoms with Crippen LogP contribution in [-0.4, -0.2) is 59.8 Å². The highest BCUT2D eigenvalue weighted by Gasteiger charge is 2.47. The number of ether oxygens (including phenoxy) is 2. The number of pyridine rings is 1. The summed E-state index contributed by atoms with van der Waals surface area (Å²) >= 11 is 0. The van der Waals surface area contributed by atoms with Gasteiger partial charge in [-0.15, -0.1) is 0 Å². The Bertz CT molecular complexity index is 785. The SMILES string of the molecule is COc1cc(N2CC3(CCC(CNC(=O)c4ccncc4)CO3)C2)ncn1. The molecule has 4 rings (SSSR count). The van der Waals surface area contributed by atoms with Crippen molar-refractivity contribution in [1.82, 2.24) is 20.3 Å². The number of aromatic nitrogens is 3. The van der Waals surface area contributed by atoms with Crippen LogP contribution < -0.4 is 15.0 Å². The van der Waals surface area contributed by atoms with Gasteiger partial charge in [0, 0.05) is 30.6 Å². The Kier molecular flexibility index (Phi) is 4.89. The fourth-order valence-corrected chi connectivity index (χ4v) is 3.60. The average molecular weight is 369 g/mol. The predicted molar refractivity (Wildman–Crippen MR) is 98.8 cm³/mol. The molecule has 1 atom stereocenters. The normalized spacial score (nSPS) is 20.8. The van der Waals surface area contributed by atoms with Gasteiger partial charge in [0.15, 0.2) is 0 Å². The third kappa shape index (κ3) is 3.85. The van der Waals surface area contributed by atoms with E-state index >= 15 is 0 Å². The maximum absolute atomic E-state index is 12.1. The van der Waals surface area contributed by atoms with Gasteiger partial charge in [-0.3, -0.25) is 9.78 Å². The van der Waals surface area contributed by atoms with E-state index in [-0.39, 0.29) is 11.5 Å². The predicted octanol–water partition coefficient (Wildman–Crippen LogP) is 1.30. The van der Waals surface area contributed by atoms with Crippen LogP contribution in [0.15, 0.2) is 36.9 Å². The van der Waals surface area contributed by atoms with Gasteiger partial charge in [-0.05, 0) is 30.9 Å². The molecule has 2 aromatic rings. The number of nitrogens with one attached hydrogen (secondary N) is 1. The van der Waals surface area contributed by atoms with E-state index in [1.165, 1.54) is 6.33 Å². The molecule has 0 aliphatic carbocycles. The molecule has 0 aromatic carbocycles. The van der Waals surface area contributed by atoms with E-state index in [4.69, 9.17) is 9.47 Å². The molecule has 2 aliphatic heterocycles. The number of anilines is 1. The van der Waals surface area contributed by atoms with Crippen LogP contribution in [0.5, 0.6) is 5.88 Å². The summed E-state index contributed by atoms with van der Waals surface area (Å²) in [5, 5.41) is 2.99. The molecule has 0 radical (unpaired) electrons. The van der Waals surface area contributed by atoms with Gasteiger partial charge in [-0.25, -0.2) is 9.97 Å². The van der Waals surface area contributed by atoms with Gasteiger partial charge < -0.3 is 19.7 Å². The zero-order chi connectivity index (χ0) is 18.7. The lowest BCUT2D eigenvalue weighted by Gasteiger charge is -2.53. The fourth-order valence-electron chi connectivity index (χ4n) is 3.60. The minimum Gasteiger partial charge on any atom is -0.481 e.